The van der Waals surface area contributed by atoms with Gasteiger partial charge in [-0.1, -0.05) is 23.7 Å². The molecule has 1 aliphatic heterocycles. The molecular formula is C23H26ClN5O4S. The van der Waals surface area contributed by atoms with Crippen LogP contribution in [0.15, 0.2) is 47.3 Å². The second-order valence-corrected chi connectivity index (χ2v) is 10.1. The lowest BCUT2D eigenvalue weighted by Gasteiger charge is -2.15. The van der Waals surface area contributed by atoms with Crippen molar-refractivity contribution in [2.45, 2.75) is 32.9 Å². The predicted molar refractivity (Wildman–Crippen MR) is 133 cm³/mol. The standard InChI is InChI=1S/C23H26ClN5O4S/c1-14(21(30)31)15(2)29-23(32)27(13-16-4-6-18(24)7-5-16)22(26-29)25-19-8-9-20-17(12-19)10-11-28(20)34(3)33/h4-9,12,14-15H,10-11,13H2,1-3H3,(H,25,26)(H,30,31)/t14-,15?,34?/m1/s1. The molecule has 0 amide bonds. The van der Waals surface area contributed by atoms with Crippen molar-refractivity contribution in [2.24, 2.45) is 5.92 Å². The number of rotatable bonds is 8. The fourth-order valence-electron chi connectivity index (χ4n) is 3.95. The van der Waals surface area contributed by atoms with Gasteiger partial charge >= 0.3 is 11.7 Å². The van der Waals surface area contributed by atoms with Gasteiger partial charge in [0, 0.05) is 23.5 Å². The Morgan fingerprint density at radius 2 is 1.94 bits per heavy atom. The summed E-state index contributed by atoms with van der Waals surface area (Å²) in [6, 6.07) is 12.2. The van der Waals surface area contributed by atoms with E-state index in [0.29, 0.717) is 17.5 Å². The first-order chi connectivity index (χ1) is 16.2. The quantitative estimate of drug-likeness (QED) is 0.487. The van der Waals surface area contributed by atoms with E-state index in [1.54, 1.807) is 32.2 Å². The van der Waals surface area contributed by atoms with Gasteiger partial charge in [-0.3, -0.25) is 13.7 Å². The summed E-state index contributed by atoms with van der Waals surface area (Å²) in [5.74, 6) is -1.50. The van der Waals surface area contributed by atoms with E-state index in [9.17, 15) is 18.9 Å². The Kier molecular flexibility index (Phi) is 6.81. The van der Waals surface area contributed by atoms with Gasteiger partial charge in [-0.2, -0.15) is 0 Å². The van der Waals surface area contributed by atoms with Crippen molar-refractivity contribution in [1.82, 2.24) is 14.3 Å². The van der Waals surface area contributed by atoms with Crippen LogP contribution in [-0.2, 0) is 28.7 Å². The molecule has 0 bridgehead atoms. The highest BCUT2D eigenvalue weighted by Gasteiger charge is 2.27. The number of nitrogens with one attached hydrogen (secondary N) is 1. The summed E-state index contributed by atoms with van der Waals surface area (Å²) >= 11 is 6.00. The number of aliphatic carboxylic acids is 1. The predicted octanol–water partition coefficient (Wildman–Crippen LogP) is 3.43. The minimum absolute atomic E-state index is 0.236. The number of carboxylic acids is 1. The van der Waals surface area contributed by atoms with Gasteiger partial charge in [0.05, 0.1) is 24.2 Å². The fourth-order valence-corrected chi connectivity index (χ4v) is 4.88. The molecule has 180 valence electrons. The van der Waals surface area contributed by atoms with Crippen molar-refractivity contribution >= 4 is 45.9 Å². The number of nitrogens with zero attached hydrogens (tertiary/aromatic N) is 4. The van der Waals surface area contributed by atoms with Crippen LogP contribution in [0.2, 0.25) is 5.02 Å². The Labute approximate surface area is 204 Å². The van der Waals surface area contributed by atoms with Gasteiger partial charge in [-0.15, -0.1) is 5.10 Å². The molecule has 0 radical (unpaired) electrons. The summed E-state index contributed by atoms with van der Waals surface area (Å²) in [5, 5.41) is 17.7. The van der Waals surface area contributed by atoms with Gasteiger partial charge in [-0.25, -0.2) is 13.7 Å². The molecule has 0 aliphatic carbocycles. The van der Waals surface area contributed by atoms with Crippen molar-refractivity contribution in [3.8, 4) is 0 Å². The van der Waals surface area contributed by atoms with Crippen molar-refractivity contribution in [3.05, 3.63) is 69.1 Å². The smallest absolute Gasteiger partial charge is 0.347 e. The van der Waals surface area contributed by atoms with Crippen LogP contribution >= 0.6 is 11.6 Å². The van der Waals surface area contributed by atoms with E-state index in [-0.39, 0.29) is 6.54 Å². The maximum Gasteiger partial charge on any atom is 0.347 e. The second kappa shape index (κ2) is 9.63. The molecule has 2 heterocycles. The third kappa shape index (κ3) is 4.74. The van der Waals surface area contributed by atoms with Crippen LogP contribution < -0.4 is 15.3 Å². The molecule has 3 aromatic rings. The Morgan fingerprint density at radius 3 is 2.59 bits per heavy atom. The first-order valence-corrected chi connectivity index (χ1v) is 12.7. The van der Waals surface area contributed by atoms with Crippen LogP contribution in [0.25, 0.3) is 0 Å². The number of carbonyl (C=O) groups is 1. The van der Waals surface area contributed by atoms with Gasteiger partial charge in [0.25, 0.3) is 0 Å². The van der Waals surface area contributed by atoms with Crippen LogP contribution in [0.1, 0.15) is 31.0 Å². The lowest BCUT2D eigenvalue weighted by molar-refractivity contribution is -0.142. The van der Waals surface area contributed by atoms with Crippen molar-refractivity contribution in [1.29, 1.82) is 0 Å². The molecule has 2 aromatic carbocycles. The molecule has 1 aromatic heterocycles. The largest absolute Gasteiger partial charge is 0.481 e. The summed E-state index contributed by atoms with van der Waals surface area (Å²) in [6.45, 7) is 4.13. The lowest BCUT2D eigenvalue weighted by atomic mass is 10.1. The number of hydrogen-bond donors (Lipinski definition) is 2. The maximum atomic E-state index is 13.3. The molecule has 4 rings (SSSR count). The molecule has 0 saturated carbocycles. The Bertz CT molecular complexity index is 1300. The highest BCUT2D eigenvalue weighted by atomic mass is 35.5. The SMILES string of the molecule is CC([C@@H](C)C(=O)O)n1nc(Nc2ccc3c(c2)CCN3S(C)=O)n(Cc2ccc(Cl)cc2)c1=O. The highest BCUT2D eigenvalue weighted by Crippen LogP contribution is 2.32. The maximum absolute atomic E-state index is 13.3. The van der Waals surface area contributed by atoms with E-state index in [1.165, 1.54) is 9.25 Å². The van der Waals surface area contributed by atoms with E-state index in [0.717, 1.165) is 28.9 Å². The summed E-state index contributed by atoms with van der Waals surface area (Å²) in [4.78, 5) is 24.8. The molecule has 11 heteroatoms. The van der Waals surface area contributed by atoms with Crippen molar-refractivity contribution in [3.63, 3.8) is 0 Å². The van der Waals surface area contributed by atoms with E-state index in [1.807, 2.05) is 34.6 Å². The number of hydrogen-bond acceptors (Lipinski definition) is 5. The summed E-state index contributed by atoms with van der Waals surface area (Å²) in [7, 11) is -1.09. The minimum atomic E-state index is -1.09. The fraction of sp³-hybridized carbons (Fsp3) is 0.348. The van der Waals surface area contributed by atoms with Crippen molar-refractivity contribution < 1.29 is 14.1 Å². The molecule has 3 atom stereocenters. The second-order valence-electron chi connectivity index (χ2n) is 8.38. The molecule has 0 saturated heterocycles. The van der Waals surface area contributed by atoms with E-state index >= 15 is 0 Å². The van der Waals surface area contributed by atoms with Gasteiger partial charge in [0.15, 0.2) is 0 Å². The highest BCUT2D eigenvalue weighted by molar-refractivity contribution is 7.85. The Morgan fingerprint density at radius 1 is 1.24 bits per heavy atom. The zero-order valence-electron chi connectivity index (χ0n) is 19.1. The van der Waals surface area contributed by atoms with Crippen LogP contribution in [-0.4, -0.2) is 42.4 Å². The number of fused-ring (bicyclic) bond motifs is 1. The van der Waals surface area contributed by atoms with E-state index in [4.69, 9.17) is 11.6 Å². The van der Waals surface area contributed by atoms with Gasteiger partial charge in [0.1, 0.15) is 11.0 Å². The Hall–Kier alpha value is -3.11. The molecule has 9 nitrogen and oxygen atoms in total. The van der Waals surface area contributed by atoms with Crippen LogP contribution in [0.3, 0.4) is 0 Å². The average molecular weight is 504 g/mol. The van der Waals surface area contributed by atoms with Crippen LogP contribution in [0.5, 0.6) is 0 Å². The van der Waals surface area contributed by atoms with Crippen LogP contribution in [0, 0.1) is 5.92 Å². The zero-order chi connectivity index (χ0) is 24.6. The van der Waals surface area contributed by atoms with Crippen LogP contribution in [0.4, 0.5) is 17.3 Å². The number of halogens is 1. The monoisotopic (exact) mass is 503 g/mol. The lowest BCUT2D eigenvalue weighted by Crippen LogP contribution is -2.32. The number of benzene rings is 2. The van der Waals surface area contributed by atoms with Crippen molar-refractivity contribution in [2.75, 3.05) is 22.4 Å². The molecule has 0 fully saturated rings. The third-order valence-corrected chi connectivity index (χ3v) is 7.39. The minimum Gasteiger partial charge on any atom is -0.481 e. The molecule has 2 unspecified atom stereocenters. The first kappa shape index (κ1) is 24.0. The summed E-state index contributed by atoms with van der Waals surface area (Å²) < 4.78 is 16.5. The van der Waals surface area contributed by atoms with E-state index < -0.39 is 34.6 Å². The van der Waals surface area contributed by atoms with Gasteiger partial charge in [-0.05, 0) is 61.7 Å². The topological polar surface area (TPSA) is 109 Å². The first-order valence-electron chi connectivity index (χ1n) is 10.8. The molecule has 2 N–H and O–H groups in total. The molecule has 0 spiro atoms. The van der Waals surface area contributed by atoms with E-state index in [2.05, 4.69) is 10.4 Å². The number of anilines is 3. The number of aromatic nitrogens is 3. The van der Waals surface area contributed by atoms with Gasteiger partial charge in [0.2, 0.25) is 5.95 Å². The Balaban J connectivity index is 1.71. The molecular weight excluding hydrogens is 478 g/mol. The third-order valence-electron chi connectivity index (χ3n) is 6.14. The molecule has 34 heavy (non-hydrogen) atoms. The zero-order valence-corrected chi connectivity index (χ0v) is 20.6. The normalized spacial score (nSPS) is 15.6. The molecule has 1 aliphatic rings. The van der Waals surface area contributed by atoms with Gasteiger partial charge < -0.3 is 10.4 Å². The average Bonchev–Trinajstić information content (AvgIpc) is 3.36. The summed E-state index contributed by atoms with van der Waals surface area (Å²) in [5.41, 5.74) is 3.16. The summed E-state index contributed by atoms with van der Waals surface area (Å²) in [6.07, 6.45) is 2.42. The number of carboxylic acid groups (broad SMARTS) is 1.